The van der Waals surface area contributed by atoms with Crippen molar-refractivity contribution < 1.29 is 13.2 Å². The molecule has 7 nitrogen and oxygen atoms in total. The van der Waals surface area contributed by atoms with Crippen molar-refractivity contribution in [1.82, 2.24) is 19.0 Å². The topological polar surface area (TPSA) is 75.5 Å². The highest BCUT2D eigenvalue weighted by atomic mass is 32.2. The Morgan fingerprint density at radius 3 is 2.45 bits per heavy atom. The van der Waals surface area contributed by atoms with Gasteiger partial charge in [-0.1, -0.05) is 0 Å². The molecule has 8 heteroatoms. The van der Waals surface area contributed by atoms with Gasteiger partial charge in [0.15, 0.2) is 0 Å². The summed E-state index contributed by atoms with van der Waals surface area (Å²) in [6.07, 6.45) is 3.52. The molecule has 0 bridgehead atoms. The van der Waals surface area contributed by atoms with Crippen LogP contribution in [-0.4, -0.2) is 65.2 Å². The molecule has 2 rings (SSSR count). The van der Waals surface area contributed by atoms with E-state index in [1.807, 2.05) is 13.1 Å². The lowest BCUT2D eigenvalue weighted by atomic mass is 10.3. The molecule has 1 aliphatic heterocycles. The van der Waals surface area contributed by atoms with Gasteiger partial charge in [0.05, 0.1) is 11.9 Å². The minimum Gasteiger partial charge on any atom is -0.338 e. The van der Waals surface area contributed by atoms with Gasteiger partial charge in [-0.05, 0) is 19.4 Å². The number of rotatable bonds is 4. The Kier molecular flexibility index (Phi) is 4.44. The van der Waals surface area contributed by atoms with Crippen molar-refractivity contribution in [2.45, 2.75) is 20.4 Å². The van der Waals surface area contributed by atoms with E-state index in [1.54, 1.807) is 22.7 Å². The first kappa shape index (κ1) is 15.0. The van der Waals surface area contributed by atoms with Crippen molar-refractivity contribution in [1.29, 1.82) is 0 Å². The summed E-state index contributed by atoms with van der Waals surface area (Å²) >= 11 is 0. The third kappa shape index (κ3) is 3.37. The average molecular weight is 300 g/mol. The molecule has 1 aromatic rings. The molecule has 20 heavy (non-hydrogen) atoms. The van der Waals surface area contributed by atoms with Crippen molar-refractivity contribution in [2.75, 3.05) is 31.9 Å². The van der Waals surface area contributed by atoms with Crippen LogP contribution in [0.1, 0.15) is 12.5 Å². The number of hydrogen-bond donors (Lipinski definition) is 0. The Morgan fingerprint density at radius 2 is 1.95 bits per heavy atom. The van der Waals surface area contributed by atoms with Gasteiger partial charge in [0, 0.05) is 32.4 Å². The number of hydrogen-bond acceptors (Lipinski definition) is 4. The largest absolute Gasteiger partial charge is 0.338 e. The summed E-state index contributed by atoms with van der Waals surface area (Å²) in [5.74, 6) is 0.0784. The molecule has 0 aromatic carbocycles. The first-order chi connectivity index (χ1) is 9.42. The highest BCUT2D eigenvalue weighted by molar-refractivity contribution is 7.89. The summed E-state index contributed by atoms with van der Waals surface area (Å²) in [6, 6.07) is 0. The van der Waals surface area contributed by atoms with Crippen LogP contribution < -0.4 is 0 Å². The molecular weight excluding hydrogens is 280 g/mol. The molecular formula is C12H20N4O3S. The molecule has 0 spiro atoms. The van der Waals surface area contributed by atoms with Crippen molar-refractivity contribution in [3.63, 3.8) is 0 Å². The Balaban J connectivity index is 1.89. The predicted molar refractivity (Wildman–Crippen MR) is 74.6 cm³/mol. The highest BCUT2D eigenvalue weighted by Gasteiger charge is 2.27. The van der Waals surface area contributed by atoms with Crippen LogP contribution in [0.5, 0.6) is 0 Å². The van der Waals surface area contributed by atoms with Crippen LogP contribution in [0.25, 0.3) is 0 Å². The molecule has 0 unspecified atom stereocenters. The number of carbonyl (C=O) groups is 1. The summed E-state index contributed by atoms with van der Waals surface area (Å²) < 4.78 is 26.5. The lowest BCUT2D eigenvalue weighted by Gasteiger charge is -2.33. The normalized spacial score (nSPS) is 17.4. The summed E-state index contributed by atoms with van der Waals surface area (Å²) in [4.78, 5) is 13.8. The van der Waals surface area contributed by atoms with Gasteiger partial charge in [-0.3, -0.25) is 9.48 Å². The van der Waals surface area contributed by atoms with E-state index < -0.39 is 10.0 Å². The zero-order valence-corrected chi connectivity index (χ0v) is 12.6. The van der Waals surface area contributed by atoms with E-state index in [-0.39, 0.29) is 18.2 Å². The SMILES string of the molecule is CCS(=O)(=O)N1CCN(C(=O)Cn2cc(C)cn2)CC1. The van der Waals surface area contributed by atoms with Crippen LogP contribution in [0.15, 0.2) is 12.4 Å². The minimum atomic E-state index is -3.15. The van der Waals surface area contributed by atoms with E-state index in [1.165, 1.54) is 4.31 Å². The summed E-state index contributed by atoms with van der Waals surface area (Å²) in [5.41, 5.74) is 1.01. The second kappa shape index (κ2) is 5.92. The third-order valence-electron chi connectivity index (χ3n) is 3.41. The lowest BCUT2D eigenvalue weighted by molar-refractivity contribution is -0.133. The van der Waals surface area contributed by atoms with Crippen molar-refractivity contribution in [3.05, 3.63) is 18.0 Å². The number of nitrogens with zero attached hydrogens (tertiary/aromatic N) is 4. The van der Waals surface area contributed by atoms with Crippen LogP contribution in [0.2, 0.25) is 0 Å². The maximum atomic E-state index is 12.1. The van der Waals surface area contributed by atoms with Crippen LogP contribution in [0.3, 0.4) is 0 Å². The monoisotopic (exact) mass is 300 g/mol. The Morgan fingerprint density at radius 1 is 1.30 bits per heavy atom. The van der Waals surface area contributed by atoms with Gasteiger partial charge in [-0.2, -0.15) is 9.40 Å². The lowest BCUT2D eigenvalue weighted by Crippen LogP contribution is -2.51. The first-order valence-electron chi connectivity index (χ1n) is 6.67. The van der Waals surface area contributed by atoms with Gasteiger partial charge in [0.2, 0.25) is 15.9 Å². The van der Waals surface area contributed by atoms with Crippen LogP contribution >= 0.6 is 0 Å². The van der Waals surface area contributed by atoms with Crippen LogP contribution in [0.4, 0.5) is 0 Å². The number of carbonyl (C=O) groups excluding carboxylic acids is 1. The van der Waals surface area contributed by atoms with E-state index in [0.29, 0.717) is 26.2 Å². The Hall–Kier alpha value is -1.41. The van der Waals surface area contributed by atoms with Gasteiger partial charge in [0.25, 0.3) is 0 Å². The third-order valence-corrected chi connectivity index (χ3v) is 5.29. The van der Waals surface area contributed by atoms with Gasteiger partial charge in [0.1, 0.15) is 6.54 Å². The van der Waals surface area contributed by atoms with E-state index in [4.69, 9.17) is 0 Å². The zero-order valence-electron chi connectivity index (χ0n) is 11.8. The fraction of sp³-hybridized carbons (Fsp3) is 0.667. The van der Waals surface area contributed by atoms with Crippen LogP contribution in [-0.2, 0) is 21.4 Å². The smallest absolute Gasteiger partial charge is 0.244 e. The first-order valence-corrected chi connectivity index (χ1v) is 8.28. The molecule has 1 aliphatic rings. The number of aryl methyl sites for hydroxylation is 1. The number of sulfonamides is 1. The summed E-state index contributed by atoms with van der Waals surface area (Å²) in [6.45, 7) is 5.39. The van der Waals surface area contributed by atoms with Gasteiger partial charge < -0.3 is 4.90 Å². The Bertz CT molecular complexity index is 573. The molecule has 1 aromatic heterocycles. The Labute approximate surface area is 119 Å². The average Bonchev–Trinajstić information content (AvgIpc) is 2.84. The van der Waals surface area contributed by atoms with E-state index >= 15 is 0 Å². The quantitative estimate of drug-likeness (QED) is 0.764. The van der Waals surface area contributed by atoms with Gasteiger partial charge >= 0.3 is 0 Å². The number of piperazine rings is 1. The van der Waals surface area contributed by atoms with E-state index in [2.05, 4.69) is 5.10 Å². The molecule has 0 saturated carbocycles. The zero-order chi connectivity index (χ0) is 14.8. The molecule has 0 atom stereocenters. The van der Waals surface area contributed by atoms with E-state index in [0.717, 1.165) is 5.56 Å². The molecule has 112 valence electrons. The predicted octanol–water partition coefficient (Wildman–Crippen LogP) is -0.315. The van der Waals surface area contributed by atoms with Gasteiger partial charge in [-0.25, -0.2) is 8.42 Å². The highest BCUT2D eigenvalue weighted by Crippen LogP contribution is 2.08. The van der Waals surface area contributed by atoms with Crippen molar-refractivity contribution in [3.8, 4) is 0 Å². The fourth-order valence-electron chi connectivity index (χ4n) is 2.19. The molecule has 1 saturated heterocycles. The van der Waals surface area contributed by atoms with Crippen molar-refractivity contribution >= 4 is 15.9 Å². The molecule has 2 heterocycles. The molecule has 0 N–H and O–H groups in total. The number of amides is 1. The number of aromatic nitrogens is 2. The van der Waals surface area contributed by atoms with E-state index in [9.17, 15) is 13.2 Å². The molecule has 1 fully saturated rings. The summed E-state index contributed by atoms with van der Waals surface area (Å²) in [7, 11) is -3.15. The fourth-order valence-corrected chi connectivity index (χ4v) is 3.28. The molecule has 0 aliphatic carbocycles. The van der Waals surface area contributed by atoms with Gasteiger partial charge in [-0.15, -0.1) is 0 Å². The minimum absolute atomic E-state index is 0.0263. The molecule has 1 amide bonds. The summed E-state index contributed by atoms with van der Waals surface area (Å²) in [5, 5.41) is 4.08. The van der Waals surface area contributed by atoms with Crippen molar-refractivity contribution in [2.24, 2.45) is 0 Å². The van der Waals surface area contributed by atoms with Crippen LogP contribution in [0, 0.1) is 6.92 Å². The maximum Gasteiger partial charge on any atom is 0.244 e. The standard InChI is InChI=1S/C12H20N4O3S/c1-3-20(18,19)16-6-4-14(5-7-16)12(17)10-15-9-11(2)8-13-15/h8-9H,3-7,10H2,1-2H3. The second-order valence-electron chi connectivity index (χ2n) is 4.90. The maximum absolute atomic E-state index is 12.1. The second-order valence-corrected chi connectivity index (χ2v) is 7.15. The molecule has 0 radical (unpaired) electrons.